The fourth-order valence-corrected chi connectivity index (χ4v) is 4.66. The SMILES string of the molecule is Cc1c(NC(=O)c2ccc(C(C)(C)C)cc2)cccc1-c1nc(Nc2ccc(C(=O)NCCO)cc2)c2ncn(C)c2n1. The molecule has 0 bridgehead atoms. The highest BCUT2D eigenvalue weighted by atomic mass is 16.3. The van der Waals surface area contributed by atoms with Crippen molar-refractivity contribution in [2.75, 3.05) is 23.8 Å². The van der Waals surface area contributed by atoms with Crippen LogP contribution in [0.25, 0.3) is 22.6 Å². The maximum Gasteiger partial charge on any atom is 0.255 e. The molecule has 2 aromatic heterocycles. The van der Waals surface area contributed by atoms with Crippen molar-refractivity contribution in [1.82, 2.24) is 24.8 Å². The zero-order chi connectivity index (χ0) is 30.7. The van der Waals surface area contributed by atoms with Crippen LogP contribution in [0.5, 0.6) is 0 Å². The minimum atomic E-state index is -0.263. The minimum absolute atomic E-state index is 0.00318. The molecule has 0 unspecified atom stereocenters. The van der Waals surface area contributed by atoms with E-state index in [-0.39, 0.29) is 30.4 Å². The largest absolute Gasteiger partial charge is 0.395 e. The van der Waals surface area contributed by atoms with Gasteiger partial charge in [0.2, 0.25) is 0 Å². The number of anilines is 3. The number of aliphatic hydroxyl groups excluding tert-OH is 1. The average Bonchev–Trinajstić information content (AvgIpc) is 3.37. The third-order valence-electron chi connectivity index (χ3n) is 7.20. The van der Waals surface area contributed by atoms with Crippen LogP contribution in [0.2, 0.25) is 0 Å². The van der Waals surface area contributed by atoms with Gasteiger partial charge < -0.3 is 25.6 Å². The summed E-state index contributed by atoms with van der Waals surface area (Å²) in [5.41, 5.74) is 6.43. The Bertz CT molecular complexity index is 1790. The standard InChI is InChI=1S/C33H35N7O3/c1-20-25(7-6-8-26(20)37-32(43)22-9-13-23(14-10-22)33(2,3)4)28-38-29(27-30(39-28)40(5)19-35-27)36-24-15-11-21(12-16-24)31(42)34-17-18-41/h6-16,19,41H,17-18H2,1-5H3,(H,34,42)(H,37,43)(H,36,38,39). The zero-order valence-electron chi connectivity index (χ0n) is 24.9. The van der Waals surface area contributed by atoms with E-state index in [1.165, 1.54) is 0 Å². The van der Waals surface area contributed by atoms with Gasteiger partial charge in [0.15, 0.2) is 22.8 Å². The minimum Gasteiger partial charge on any atom is -0.395 e. The van der Waals surface area contributed by atoms with Crippen LogP contribution in [0.15, 0.2) is 73.1 Å². The molecule has 0 radical (unpaired) electrons. The molecule has 5 aromatic rings. The fourth-order valence-electron chi connectivity index (χ4n) is 4.66. The second kappa shape index (κ2) is 12.0. The normalized spacial score (nSPS) is 11.4. The summed E-state index contributed by atoms with van der Waals surface area (Å²) >= 11 is 0. The molecule has 10 nitrogen and oxygen atoms in total. The van der Waals surface area contributed by atoms with Crippen molar-refractivity contribution >= 4 is 40.2 Å². The molecule has 0 aliphatic rings. The number of nitrogens with zero attached hydrogens (tertiary/aromatic N) is 4. The number of hydrogen-bond donors (Lipinski definition) is 4. The van der Waals surface area contributed by atoms with Crippen molar-refractivity contribution in [2.45, 2.75) is 33.1 Å². The molecule has 2 heterocycles. The third-order valence-corrected chi connectivity index (χ3v) is 7.20. The summed E-state index contributed by atoms with van der Waals surface area (Å²) in [5.74, 6) is 0.522. The molecule has 3 aromatic carbocycles. The number of carbonyl (C=O) groups excluding carboxylic acids is 2. The quantitative estimate of drug-likeness (QED) is 0.195. The highest BCUT2D eigenvalue weighted by molar-refractivity contribution is 6.05. The topological polar surface area (TPSA) is 134 Å². The molecule has 0 aliphatic heterocycles. The number of nitrogens with one attached hydrogen (secondary N) is 3. The Labute approximate surface area is 250 Å². The molecule has 220 valence electrons. The first-order chi connectivity index (χ1) is 20.5. The number of fused-ring (bicyclic) bond motifs is 1. The van der Waals surface area contributed by atoms with Crippen LogP contribution in [-0.4, -0.2) is 49.6 Å². The van der Waals surface area contributed by atoms with Crippen molar-refractivity contribution in [2.24, 2.45) is 7.05 Å². The van der Waals surface area contributed by atoms with E-state index < -0.39 is 0 Å². The van der Waals surface area contributed by atoms with Crippen molar-refractivity contribution in [3.63, 3.8) is 0 Å². The third kappa shape index (κ3) is 6.39. The molecule has 4 N–H and O–H groups in total. The number of aliphatic hydroxyl groups is 1. The summed E-state index contributed by atoms with van der Waals surface area (Å²) in [6.07, 6.45) is 1.68. The van der Waals surface area contributed by atoms with Gasteiger partial charge in [-0.15, -0.1) is 0 Å². The maximum absolute atomic E-state index is 13.1. The van der Waals surface area contributed by atoms with E-state index >= 15 is 0 Å². The highest BCUT2D eigenvalue weighted by Crippen LogP contribution is 2.31. The molecule has 43 heavy (non-hydrogen) atoms. The lowest BCUT2D eigenvalue weighted by atomic mass is 9.86. The van der Waals surface area contributed by atoms with E-state index in [2.05, 4.69) is 41.7 Å². The Balaban J connectivity index is 1.43. The molecule has 5 rings (SSSR count). The molecule has 2 amide bonds. The maximum atomic E-state index is 13.1. The second-order valence-corrected chi connectivity index (χ2v) is 11.4. The number of aromatic nitrogens is 4. The number of benzene rings is 3. The molecule has 10 heteroatoms. The van der Waals surface area contributed by atoms with Gasteiger partial charge in [0.25, 0.3) is 11.8 Å². The van der Waals surface area contributed by atoms with E-state index in [0.29, 0.717) is 45.3 Å². The molecule has 0 saturated heterocycles. The van der Waals surface area contributed by atoms with Crippen LogP contribution >= 0.6 is 0 Å². The summed E-state index contributed by atoms with van der Waals surface area (Å²) in [6.45, 7) is 8.41. The predicted molar refractivity (Wildman–Crippen MR) is 169 cm³/mol. The Hall–Kier alpha value is -5.09. The summed E-state index contributed by atoms with van der Waals surface area (Å²) < 4.78 is 1.82. The second-order valence-electron chi connectivity index (χ2n) is 11.4. The highest BCUT2D eigenvalue weighted by Gasteiger charge is 2.18. The van der Waals surface area contributed by atoms with Gasteiger partial charge in [0.1, 0.15) is 0 Å². The summed E-state index contributed by atoms with van der Waals surface area (Å²) in [7, 11) is 1.87. The Morgan fingerprint density at radius 3 is 2.26 bits per heavy atom. The Kier molecular flexibility index (Phi) is 8.22. The Morgan fingerprint density at radius 2 is 1.58 bits per heavy atom. The van der Waals surface area contributed by atoms with Crippen LogP contribution in [0.4, 0.5) is 17.2 Å². The predicted octanol–water partition coefficient (Wildman–Crippen LogP) is 5.35. The average molecular weight is 578 g/mol. The van der Waals surface area contributed by atoms with Crippen molar-refractivity contribution in [3.05, 3.63) is 95.3 Å². The molecule has 0 saturated carbocycles. The van der Waals surface area contributed by atoms with Crippen LogP contribution in [0, 0.1) is 6.92 Å². The summed E-state index contributed by atoms with van der Waals surface area (Å²) in [6, 6.07) is 20.3. The van der Waals surface area contributed by atoms with Crippen LogP contribution in [-0.2, 0) is 12.5 Å². The molecule has 0 atom stereocenters. The van der Waals surface area contributed by atoms with Crippen LogP contribution < -0.4 is 16.0 Å². The molecular formula is C33H35N7O3. The van der Waals surface area contributed by atoms with E-state index in [0.717, 1.165) is 16.7 Å². The smallest absolute Gasteiger partial charge is 0.255 e. The van der Waals surface area contributed by atoms with Gasteiger partial charge in [-0.3, -0.25) is 9.59 Å². The zero-order valence-corrected chi connectivity index (χ0v) is 24.9. The van der Waals surface area contributed by atoms with E-state index in [1.807, 2.05) is 61.0 Å². The number of hydrogen-bond acceptors (Lipinski definition) is 7. The number of carbonyl (C=O) groups is 2. The van der Waals surface area contributed by atoms with E-state index in [1.54, 1.807) is 30.6 Å². The van der Waals surface area contributed by atoms with Crippen molar-refractivity contribution in [1.29, 1.82) is 0 Å². The van der Waals surface area contributed by atoms with Gasteiger partial charge in [0.05, 0.1) is 12.9 Å². The van der Waals surface area contributed by atoms with Gasteiger partial charge in [-0.25, -0.2) is 15.0 Å². The fraction of sp³-hybridized carbons (Fsp3) is 0.242. The van der Waals surface area contributed by atoms with Gasteiger partial charge in [-0.05, 0) is 65.9 Å². The number of amides is 2. The summed E-state index contributed by atoms with van der Waals surface area (Å²) in [4.78, 5) is 39.5. The van der Waals surface area contributed by atoms with E-state index in [9.17, 15) is 9.59 Å². The van der Waals surface area contributed by atoms with Crippen LogP contribution in [0.1, 0.15) is 52.6 Å². The first kappa shape index (κ1) is 29.4. The lowest BCUT2D eigenvalue weighted by Crippen LogP contribution is -2.26. The molecule has 0 aliphatic carbocycles. The lowest BCUT2D eigenvalue weighted by Gasteiger charge is -2.19. The first-order valence-electron chi connectivity index (χ1n) is 14.0. The van der Waals surface area contributed by atoms with E-state index in [4.69, 9.17) is 15.1 Å². The van der Waals surface area contributed by atoms with Crippen molar-refractivity contribution in [3.8, 4) is 11.4 Å². The van der Waals surface area contributed by atoms with Gasteiger partial charge in [-0.1, -0.05) is 45.0 Å². The van der Waals surface area contributed by atoms with Crippen molar-refractivity contribution < 1.29 is 14.7 Å². The number of imidazole rings is 1. The van der Waals surface area contributed by atoms with Gasteiger partial charge in [0, 0.05) is 41.7 Å². The van der Waals surface area contributed by atoms with Crippen LogP contribution in [0.3, 0.4) is 0 Å². The summed E-state index contributed by atoms with van der Waals surface area (Å²) in [5, 5.41) is 17.9. The Morgan fingerprint density at radius 1 is 0.907 bits per heavy atom. The molecule has 0 spiro atoms. The van der Waals surface area contributed by atoms with Gasteiger partial charge >= 0.3 is 0 Å². The number of rotatable bonds is 8. The molecular weight excluding hydrogens is 542 g/mol. The van der Waals surface area contributed by atoms with Gasteiger partial charge in [-0.2, -0.15) is 0 Å². The lowest BCUT2D eigenvalue weighted by molar-refractivity contribution is 0.0944. The first-order valence-corrected chi connectivity index (χ1v) is 14.0. The number of aryl methyl sites for hydroxylation is 1. The molecule has 0 fully saturated rings. The monoisotopic (exact) mass is 577 g/mol.